The zero-order valence-electron chi connectivity index (χ0n) is 12.1. The molecule has 0 N–H and O–H groups in total. The summed E-state index contributed by atoms with van der Waals surface area (Å²) in [5.74, 6) is 1.16. The first-order valence-electron chi connectivity index (χ1n) is 7.35. The maximum atomic E-state index is 5.49. The molecule has 0 amide bonds. The molecule has 4 heterocycles. The SMILES string of the molecule is CCOC(OCC)c1nc(C2CN3CCN2CC3)no1. The average molecular weight is 282 g/mol. The Bertz CT molecular complexity index is 425. The van der Waals surface area contributed by atoms with Crippen LogP contribution in [0.4, 0.5) is 0 Å². The predicted octanol–water partition coefficient (Wildman–Crippen LogP) is 0.814. The first-order chi connectivity index (χ1) is 9.81. The Hall–Kier alpha value is -1.02. The smallest absolute Gasteiger partial charge is 0.283 e. The molecule has 1 aromatic rings. The van der Waals surface area contributed by atoms with Crippen molar-refractivity contribution in [2.45, 2.75) is 26.2 Å². The van der Waals surface area contributed by atoms with Crippen molar-refractivity contribution < 1.29 is 14.0 Å². The second-order valence-electron chi connectivity index (χ2n) is 5.09. The largest absolute Gasteiger partial charge is 0.345 e. The summed E-state index contributed by atoms with van der Waals surface area (Å²) in [6, 6.07) is 0.235. The van der Waals surface area contributed by atoms with Crippen LogP contribution in [-0.4, -0.2) is 65.9 Å². The molecule has 0 aliphatic carbocycles. The van der Waals surface area contributed by atoms with Crippen LogP contribution in [0.5, 0.6) is 0 Å². The van der Waals surface area contributed by atoms with Gasteiger partial charge in [0.1, 0.15) is 0 Å². The maximum Gasteiger partial charge on any atom is 0.283 e. The van der Waals surface area contributed by atoms with Gasteiger partial charge in [-0.25, -0.2) is 0 Å². The minimum atomic E-state index is -0.553. The van der Waals surface area contributed by atoms with Crippen molar-refractivity contribution in [3.8, 4) is 0 Å². The van der Waals surface area contributed by atoms with E-state index in [0.717, 1.165) is 38.5 Å². The lowest BCUT2D eigenvalue weighted by molar-refractivity contribution is -0.155. The summed E-state index contributed by atoms with van der Waals surface area (Å²) >= 11 is 0. The van der Waals surface area contributed by atoms with Crippen LogP contribution in [0, 0.1) is 0 Å². The van der Waals surface area contributed by atoms with Crippen molar-refractivity contribution in [3.63, 3.8) is 0 Å². The van der Waals surface area contributed by atoms with E-state index in [9.17, 15) is 0 Å². The molecule has 112 valence electrons. The minimum absolute atomic E-state index is 0.235. The summed E-state index contributed by atoms with van der Waals surface area (Å²) in [6.45, 7) is 10.3. The molecule has 3 aliphatic heterocycles. The van der Waals surface area contributed by atoms with Gasteiger partial charge in [0.25, 0.3) is 5.89 Å². The molecule has 0 spiro atoms. The first kappa shape index (κ1) is 13.9. The molecule has 1 atom stereocenters. The van der Waals surface area contributed by atoms with Gasteiger partial charge in [0.15, 0.2) is 5.82 Å². The van der Waals surface area contributed by atoms with Crippen LogP contribution in [0.2, 0.25) is 0 Å². The molecule has 0 aromatic carbocycles. The van der Waals surface area contributed by atoms with Crippen molar-refractivity contribution >= 4 is 0 Å². The molecule has 7 heteroatoms. The lowest BCUT2D eigenvalue weighted by atomic mass is 10.1. The molecule has 0 radical (unpaired) electrons. The van der Waals surface area contributed by atoms with Gasteiger partial charge in [-0.15, -0.1) is 0 Å². The van der Waals surface area contributed by atoms with Gasteiger partial charge in [-0.1, -0.05) is 5.16 Å². The Kier molecular flexibility index (Phi) is 4.30. The molecule has 4 rings (SSSR count). The summed E-state index contributed by atoms with van der Waals surface area (Å²) < 4.78 is 16.3. The predicted molar refractivity (Wildman–Crippen MR) is 71.0 cm³/mol. The highest BCUT2D eigenvalue weighted by atomic mass is 16.7. The number of hydrogen-bond donors (Lipinski definition) is 0. The van der Waals surface area contributed by atoms with E-state index in [0.29, 0.717) is 19.1 Å². The molecular weight excluding hydrogens is 260 g/mol. The first-order valence-corrected chi connectivity index (χ1v) is 7.35. The van der Waals surface area contributed by atoms with Crippen LogP contribution in [0.25, 0.3) is 0 Å². The second-order valence-corrected chi connectivity index (χ2v) is 5.09. The Morgan fingerprint density at radius 2 is 1.90 bits per heavy atom. The van der Waals surface area contributed by atoms with Crippen molar-refractivity contribution in [2.75, 3.05) is 45.9 Å². The third-order valence-corrected chi connectivity index (χ3v) is 3.87. The zero-order chi connectivity index (χ0) is 13.9. The molecule has 2 bridgehead atoms. The fourth-order valence-corrected chi connectivity index (χ4v) is 2.83. The quantitative estimate of drug-likeness (QED) is 0.715. The summed E-state index contributed by atoms with van der Waals surface area (Å²) in [4.78, 5) is 9.36. The van der Waals surface area contributed by atoms with E-state index in [1.54, 1.807) is 0 Å². The molecular formula is C13H22N4O3. The fraction of sp³-hybridized carbons (Fsp3) is 0.846. The van der Waals surface area contributed by atoms with Crippen LogP contribution in [0.1, 0.15) is 37.9 Å². The molecule has 1 unspecified atom stereocenters. The van der Waals surface area contributed by atoms with E-state index in [4.69, 9.17) is 14.0 Å². The van der Waals surface area contributed by atoms with Crippen LogP contribution in [0.3, 0.4) is 0 Å². The standard InChI is InChI=1S/C13H22N4O3/c1-3-18-13(19-4-2)12-14-11(15-20-12)10-9-16-5-7-17(10)8-6-16/h10,13H,3-9H2,1-2H3. The highest BCUT2D eigenvalue weighted by Gasteiger charge is 2.36. The van der Waals surface area contributed by atoms with Gasteiger partial charge in [-0.2, -0.15) is 4.98 Å². The van der Waals surface area contributed by atoms with Crippen molar-refractivity contribution in [1.82, 2.24) is 19.9 Å². The third-order valence-electron chi connectivity index (χ3n) is 3.87. The van der Waals surface area contributed by atoms with E-state index in [-0.39, 0.29) is 6.04 Å². The number of piperazine rings is 3. The maximum absolute atomic E-state index is 5.49. The number of ether oxygens (including phenoxy) is 2. The second kappa shape index (κ2) is 6.17. The number of aromatic nitrogens is 2. The van der Waals surface area contributed by atoms with Gasteiger partial charge in [-0.05, 0) is 13.8 Å². The van der Waals surface area contributed by atoms with Crippen LogP contribution in [-0.2, 0) is 9.47 Å². The molecule has 20 heavy (non-hydrogen) atoms. The Morgan fingerprint density at radius 1 is 1.20 bits per heavy atom. The Labute approximate surface area is 118 Å². The number of fused-ring (bicyclic) bond motifs is 3. The van der Waals surface area contributed by atoms with Gasteiger partial charge < -0.3 is 14.0 Å². The highest BCUT2D eigenvalue weighted by molar-refractivity contribution is 5.01. The van der Waals surface area contributed by atoms with E-state index < -0.39 is 6.29 Å². The molecule has 7 nitrogen and oxygen atoms in total. The van der Waals surface area contributed by atoms with E-state index in [2.05, 4.69) is 19.9 Å². The third kappa shape index (κ3) is 2.71. The summed E-state index contributed by atoms with van der Waals surface area (Å²) in [5.41, 5.74) is 0. The normalized spacial score (nSPS) is 29.2. The average Bonchev–Trinajstić information content (AvgIpc) is 2.98. The van der Waals surface area contributed by atoms with E-state index >= 15 is 0 Å². The van der Waals surface area contributed by atoms with E-state index in [1.807, 2.05) is 13.8 Å². The molecule has 3 saturated heterocycles. The Balaban J connectivity index is 1.72. The fourth-order valence-electron chi connectivity index (χ4n) is 2.83. The zero-order valence-corrected chi connectivity index (χ0v) is 12.1. The van der Waals surface area contributed by atoms with Crippen LogP contribution < -0.4 is 0 Å². The van der Waals surface area contributed by atoms with Gasteiger partial charge in [0.05, 0.1) is 6.04 Å². The van der Waals surface area contributed by atoms with Gasteiger partial charge >= 0.3 is 0 Å². The topological polar surface area (TPSA) is 63.9 Å². The summed E-state index contributed by atoms with van der Waals surface area (Å²) in [5, 5.41) is 4.13. The number of nitrogens with zero attached hydrogens (tertiary/aromatic N) is 4. The molecule has 3 aliphatic rings. The number of rotatable bonds is 6. The summed E-state index contributed by atoms with van der Waals surface area (Å²) in [7, 11) is 0. The highest BCUT2D eigenvalue weighted by Crippen LogP contribution is 2.28. The summed E-state index contributed by atoms with van der Waals surface area (Å²) in [6.07, 6.45) is -0.553. The van der Waals surface area contributed by atoms with Crippen molar-refractivity contribution in [1.29, 1.82) is 0 Å². The lowest BCUT2D eigenvalue weighted by Gasteiger charge is -2.46. The van der Waals surface area contributed by atoms with Gasteiger partial charge in [-0.3, -0.25) is 9.80 Å². The Morgan fingerprint density at radius 3 is 2.45 bits per heavy atom. The minimum Gasteiger partial charge on any atom is -0.345 e. The van der Waals surface area contributed by atoms with Gasteiger partial charge in [0, 0.05) is 45.9 Å². The molecule has 0 saturated carbocycles. The van der Waals surface area contributed by atoms with Crippen molar-refractivity contribution in [3.05, 3.63) is 11.7 Å². The van der Waals surface area contributed by atoms with Crippen molar-refractivity contribution in [2.24, 2.45) is 0 Å². The monoisotopic (exact) mass is 282 g/mol. The van der Waals surface area contributed by atoms with Gasteiger partial charge in [0.2, 0.25) is 6.29 Å². The lowest BCUT2D eigenvalue weighted by Crippen LogP contribution is -2.57. The molecule has 3 fully saturated rings. The van der Waals surface area contributed by atoms with Crippen LogP contribution >= 0.6 is 0 Å². The van der Waals surface area contributed by atoms with E-state index in [1.165, 1.54) is 0 Å². The molecule has 1 aromatic heterocycles. The number of hydrogen-bond acceptors (Lipinski definition) is 7. The van der Waals surface area contributed by atoms with Crippen LogP contribution in [0.15, 0.2) is 4.52 Å².